The van der Waals surface area contributed by atoms with Crippen molar-refractivity contribution in [2.45, 2.75) is 45.3 Å². The number of rotatable bonds is 4. The zero-order valence-corrected chi connectivity index (χ0v) is 9.66. The van der Waals surface area contributed by atoms with Crippen LogP contribution in [0.15, 0.2) is 0 Å². The van der Waals surface area contributed by atoms with Crippen LogP contribution in [0.2, 0.25) is 0 Å². The molecule has 84 valence electrons. The van der Waals surface area contributed by atoms with Crippen molar-refractivity contribution in [3.8, 4) is 0 Å². The fourth-order valence-electron chi connectivity index (χ4n) is 2.03. The van der Waals surface area contributed by atoms with Gasteiger partial charge in [-0.1, -0.05) is 6.92 Å². The molecule has 3 heteroatoms. The third-order valence-corrected chi connectivity index (χ3v) is 3.38. The molecule has 1 rings (SSSR count). The normalized spacial score (nSPS) is 30.2. The van der Waals surface area contributed by atoms with Crippen LogP contribution in [0.1, 0.15) is 33.6 Å². The Kier molecular flexibility index (Phi) is 3.93. The molecule has 0 aliphatic carbocycles. The Bertz CT molecular complexity index is 180. The molecule has 3 unspecified atom stereocenters. The van der Waals surface area contributed by atoms with Crippen LogP contribution in [-0.2, 0) is 0 Å². The Morgan fingerprint density at radius 1 is 1.64 bits per heavy atom. The molecule has 14 heavy (non-hydrogen) atoms. The highest BCUT2D eigenvalue weighted by molar-refractivity contribution is 4.85. The molecule has 1 fully saturated rings. The van der Waals surface area contributed by atoms with Gasteiger partial charge in [0.25, 0.3) is 0 Å². The average molecular weight is 200 g/mol. The number of nitrogens with zero attached hydrogens (tertiary/aromatic N) is 1. The van der Waals surface area contributed by atoms with Gasteiger partial charge in [-0.3, -0.25) is 0 Å². The summed E-state index contributed by atoms with van der Waals surface area (Å²) in [6.45, 7) is 8.93. The van der Waals surface area contributed by atoms with Crippen molar-refractivity contribution >= 4 is 0 Å². The predicted octanol–water partition coefficient (Wildman–Crippen LogP) is 0.816. The van der Waals surface area contributed by atoms with Gasteiger partial charge >= 0.3 is 0 Å². The summed E-state index contributed by atoms with van der Waals surface area (Å²) < 4.78 is 0. The highest BCUT2D eigenvalue weighted by Crippen LogP contribution is 2.21. The van der Waals surface area contributed by atoms with Gasteiger partial charge in [-0.15, -0.1) is 0 Å². The van der Waals surface area contributed by atoms with Crippen molar-refractivity contribution in [1.29, 1.82) is 0 Å². The maximum atomic E-state index is 9.94. The number of nitrogens with two attached hydrogens (primary N) is 1. The van der Waals surface area contributed by atoms with E-state index in [9.17, 15) is 5.11 Å². The molecular weight excluding hydrogens is 176 g/mol. The molecule has 3 nitrogen and oxygen atoms in total. The molecule has 1 heterocycles. The van der Waals surface area contributed by atoms with Crippen LogP contribution in [0.5, 0.6) is 0 Å². The van der Waals surface area contributed by atoms with E-state index in [0.717, 1.165) is 26.1 Å². The average Bonchev–Trinajstić information content (AvgIpc) is 2.52. The van der Waals surface area contributed by atoms with Gasteiger partial charge in [0.15, 0.2) is 0 Å². The topological polar surface area (TPSA) is 49.5 Å². The summed E-state index contributed by atoms with van der Waals surface area (Å²) >= 11 is 0. The molecule has 1 aliphatic rings. The zero-order valence-electron chi connectivity index (χ0n) is 9.66. The van der Waals surface area contributed by atoms with Crippen LogP contribution >= 0.6 is 0 Å². The highest BCUT2D eigenvalue weighted by atomic mass is 16.3. The molecule has 1 saturated heterocycles. The highest BCUT2D eigenvalue weighted by Gasteiger charge is 2.29. The second-order valence-electron chi connectivity index (χ2n) is 4.99. The lowest BCUT2D eigenvalue weighted by atomic mass is 10.0. The van der Waals surface area contributed by atoms with Crippen LogP contribution < -0.4 is 5.73 Å². The molecule has 0 aromatic carbocycles. The number of likely N-dealkylation sites (tertiary alicyclic amines) is 1. The standard InChI is InChI=1S/C11H24N2O/c1-4-11(3,14)8-13-6-5-10(7-13)9(2)12/h9-10,14H,4-8,12H2,1-3H3. The van der Waals surface area contributed by atoms with Gasteiger partial charge in [-0.2, -0.15) is 0 Å². The first-order valence-electron chi connectivity index (χ1n) is 5.65. The minimum Gasteiger partial charge on any atom is -0.389 e. The van der Waals surface area contributed by atoms with Crippen molar-refractivity contribution < 1.29 is 5.11 Å². The fourth-order valence-corrected chi connectivity index (χ4v) is 2.03. The first-order chi connectivity index (χ1) is 6.44. The van der Waals surface area contributed by atoms with E-state index in [1.165, 1.54) is 6.42 Å². The van der Waals surface area contributed by atoms with E-state index in [2.05, 4.69) is 11.8 Å². The maximum absolute atomic E-state index is 9.94. The quantitative estimate of drug-likeness (QED) is 0.706. The van der Waals surface area contributed by atoms with Crippen LogP contribution in [-0.4, -0.2) is 41.3 Å². The number of hydrogen-bond acceptors (Lipinski definition) is 3. The molecule has 3 N–H and O–H groups in total. The molecule has 0 bridgehead atoms. The summed E-state index contributed by atoms with van der Waals surface area (Å²) in [6, 6.07) is 0.284. The summed E-state index contributed by atoms with van der Waals surface area (Å²) in [5.74, 6) is 0.614. The number of hydrogen-bond donors (Lipinski definition) is 2. The third-order valence-electron chi connectivity index (χ3n) is 3.38. The monoisotopic (exact) mass is 200 g/mol. The Labute approximate surface area is 87.3 Å². The molecule has 0 aromatic heterocycles. The number of β-amino-alcohol motifs (C(OH)–C–C–N with tert-alkyl or cyclic N) is 1. The molecule has 3 atom stereocenters. The number of aliphatic hydroxyl groups is 1. The summed E-state index contributed by atoms with van der Waals surface area (Å²) in [5, 5.41) is 9.94. The first kappa shape index (κ1) is 12.0. The van der Waals surface area contributed by atoms with Crippen molar-refractivity contribution in [1.82, 2.24) is 4.90 Å². The van der Waals surface area contributed by atoms with E-state index in [4.69, 9.17) is 5.73 Å². The predicted molar refractivity (Wildman–Crippen MR) is 59.1 cm³/mol. The van der Waals surface area contributed by atoms with E-state index in [0.29, 0.717) is 5.92 Å². The van der Waals surface area contributed by atoms with Gasteiger partial charge in [0.05, 0.1) is 5.60 Å². The summed E-state index contributed by atoms with van der Waals surface area (Å²) in [7, 11) is 0. The minimum atomic E-state index is -0.535. The Hall–Kier alpha value is -0.120. The van der Waals surface area contributed by atoms with Crippen molar-refractivity contribution in [3.05, 3.63) is 0 Å². The van der Waals surface area contributed by atoms with Gasteiger partial charge in [0, 0.05) is 19.1 Å². The smallest absolute Gasteiger partial charge is 0.0743 e. The summed E-state index contributed by atoms with van der Waals surface area (Å²) in [5.41, 5.74) is 5.33. The van der Waals surface area contributed by atoms with Crippen LogP contribution in [0.3, 0.4) is 0 Å². The third kappa shape index (κ3) is 3.23. The lowest BCUT2D eigenvalue weighted by Crippen LogP contribution is -2.40. The minimum absolute atomic E-state index is 0.284. The van der Waals surface area contributed by atoms with Gasteiger partial charge in [0.1, 0.15) is 0 Å². The molecule has 0 spiro atoms. The zero-order chi connectivity index (χ0) is 10.8. The lowest BCUT2D eigenvalue weighted by Gasteiger charge is -2.28. The lowest BCUT2D eigenvalue weighted by molar-refractivity contribution is 0.0219. The van der Waals surface area contributed by atoms with Crippen LogP contribution in [0.4, 0.5) is 0 Å². The van der Waals surface area contributed by atoms with Crippen molar-refractivity contribution in [3.63, 3.8) is 0 Å². The molecule has 1 aliphatic heterocycles. The van der Waals surface area contributed by atoms with Gasteiger partial charge in [0.2, 0.25) is 0 Å². The summed E-state index contributed by atoms with van der Waals surface area (Å²) in [4.78, 5) is 2.33. The Balaban J connectivity index is 2.36. The van der Waals surface area contributed by atoms with E-state index >= 15 is 0 Å². The van der Waals surface area contributed by atoms with Gasteiger partial charge in [-0.05, 0) is 39.2 Å². The van der Waals surface area contributed by atoms with E-state index in [-0.39, 0.29) is 6.04 Å². The molecule has 0 saturated carbocycles. The first-order valence-corrected chi connectivity index (χ1v) is 5.65. The molecule has 0 radical (unpaired) electrons. The maximum Gasteiger partial charge on any atom is 0.0743 e. The van der Waals surface area contributed by atoms with Gasteiger partial charge in [-0.25, -0.2) is 0 Å². The summed E-state index contributed by atoms with van der Waals surface area (Å²) in [6.07, 6.45) is 1.99. The van der Waals surface area contributed by atoms with Crippen LogP contribution in [0.25, 0.3) is 0 Å². The molecular formula is C11H24N2O. The van der Waals surface area contributed by atoms with E-state index in [1.807, 2.05) is 13.8 Å². The van der Waals surface area contributed by atoms with Crippen LogP contribution in [0, 0.1) is 5.92 Å². The Morgan fingerprint density at radius 2 is 2.29 bits per heavy atom. The SMILES string of the molecule is CCC(C)(O)CN1CCC(C(C)N)C1. The van der Waals surface area contributed by atoms with E-state index in [1.54, 1.807) is 0 Å². The molecule has 0 aromatic rings. The second kappa shape index (κ2) is 4.60. The Morgan fingerprint density at radius 3 is 2.71 bits per heavy atom. The van der Waals surface area contributed by atoms with E-state index < -0.39 is 5.60 Å². The second-order valence-corrected chi connectivity index (χ2v) is 4.99. The fraction of sp³-hybridized carbons (Fsp3) is 1.00. The molecule has 0 amide bonds. The van der Waals surface area contributed by atoms with Crippen molar-refractivity contribution in [2.75, 3.05) is 19.6 Å². The van der Waals surface area contributed by atoms with Crippen molar-refractivity contribution in [2.24, 2.45) is 11.7 Å². The largest absolute Gasteiger partial charge is 0.389 e. The van der Waals surface area contributed by atoms with Gasteiger partial charge < -0.3 is 15.7 Å².